The Balaban J connectivity index is 1.58. The summed E-state index contributed by atoms with van der Waals surface area (Å²) in [5, 5.41) is 11.3. The molecule has 10 nitrogen and oxygen atoms in total. The van der Waals surface area contributed by atoms with Crippen LogP contribution in [0.25, 0.3) is 0 Å². The Kier molecular flexibility index (Phi) is 9.22. The third kappa shape index (κ3) is 6.04. The van der Waals surface area contributed by atoms with E-state index in [4.69, 9.17) is 23.7 Å². The second-order valence-corrected chi connectivity index (χ2v) is 9.97. The first-order valence-electron chi connectivity index (χ1n) is 13.8. The predicted molar refractivity (Wildman–Crippen MR) is 159 cm³/mol. The Hall–Kier alpha value is -4.48. The molecule has 0 unspecified atom stereocenters. The molecule has 3 aromatic carbocycles. The SMILES string of the molecule is C=CCO[C@H]1[C@@H](O)[C@H](n2ccc(=O)[nH]c2=O)O[C@@H]1COC(c1ccccc1)(c1ccc(OC)cc1)c1ccc(OC)cc1. The summed E-state index contributed by atoms with van der Waals surface area (Å²) >= 11 is 0. The van der Waals surface area contributed by atoms with Crippen LogP contribution in [-0.4, -0.2) is 60.4 Å². The number of hydrogen-bond acceptors (Lipinski definition) is 8. The van der Waals surface area contributed by atoms with Crippen molar-refractivity contribution < 1.29 is 28.8 Å². The summed E-state index contributed by atoms with van der Waals surface area (Å²) in [5.74, 6) is 1.38. The van der Waals surface area contributed by atoms with Crippen LogP contribution in [0.5, 0.6) is 11.5 Å². The van der Waals surface area contributed by atoms with Gasteiger partial charge in [-0.05, 0) is 41.0 Å². The largest absolute Gasteiger partial charge is 0.497 e. The van der Waals surface area contributed by atoms with Crippen molar-refractivity contribution in [1.29, 1.82) is 0 Å². The van der Waals surface area contributed by atoms with Gasteiger partial charge in [-0.15, -0.1) is 6.58 Å². The molecular weight excluding hydrogens is 552 g/mol. The zero-order valence-electron chi connectivity index (χ0n) is 23.9. The zero-order valence-corrected chi connectivity index (χ0v) is 23.9. The number of hydrogen-bond donors (Lipinski definition) is 2. The number of methoxy groups -OCH3 is 2. The topological polar surface area (TPSA) is 121 Å². The van der Waals surface area contributed by atoms with Gasteiger partial charge in [0.2, 0.25) is 0 Å². The number of aliphatic hydroxyl groups excluding tert-OH is 1. The van der Waals surface area contributed by atoms with Gasteiger partial charge in [-0.3, -0.25) is 14.3 Å². The molecule has 2 N–H and O–H groups in total. The van der Waals surface area contributed by atoms with Crippen LogP contribution < -0.4 is 20.7 Å². The fourth-order valence-corrected chi connectivity index (χ4v) is 5.38. The predicted octanol–water partition coefficient (Wildman–Crippen LogP) is 3.39. The highest BCUT2D eigenvalue weighted by atomic mass is 16.6. The maximum absolute atomic E-state index is 12.6. The lowest BCUT2D eigenvalue weighted by molar-refractivity contribution is -0.102. The number of aromatic nitrogens is 2. The van der Waals surface area contributed by atoms with E-state index in [1.165, 1.54) is 12.3 Å². The molecule has 10 heteroatoms. The van der Waals surface area contributed by atoms with Gasteiger partial charge in [0.25, 0.3) is 5.56 Å². The van der Waals surface area contributed by atoms with Gasteiger partial charge in [-0.25, -0.2) is 4.79 Å². The Labute approximate surface area is 248 Å². The van der Waals surface area contributed by atoms with E-state index in [0.29, 0.717) is 11.5 Å². The number of nitrogens with zero attached hydrogens (tertiary/aromatic N) is 1. The zero-order chi connectivity index (χ0) is 30.4. The lowest BCUT2D eigenvalue weighted by atomic mass is 9.80. The average molecular weight is 587 g/mol. The number of aromatic amines is 1. The number of nitrogens with one attached hydrogen (secondary N) is 1. The molecule has 1 aliphatic rings. The molecule has 1 aromatic heterocycles. The van der Waals surface area contributed by atoms with Gasteiger partial charge in [0.15, 0.2) is 6.23 Å². The van der Waals surface area contributed by atoms with E-state index < -0.39 is 41.4 Å². The van der Waals surface area contributed by atoms with E-state index in [1.54, 1.807) is 20.3 Å². The number of aliphatic hydroxyl groups is 1. The number of ether oxygens (including phenoxy) is 5. The van der Waals surface area contributed by atoms with Gasteiger partial charge in [0, 0.05) is 12.3 Å². The molecule has 1 aliphatic heterocycles. The van der Waals surface area contributed by atoms with Gasteiger partial charge in [-0.1, -0.05) is 60.7 Å². The molecule has 0 aliphatic carbocycles. The second kappa shape index (κ2) is 13.2. The van der Waals surface area contributed by atoms with Crippen LogP contribution in [-0.2, 0) is 19.8 Å². The molecule has 2 heterocycles. The molecule has 224 valence electrons. The van der Waals surface area contributed by atoms with Crippen LogP contribution in [0.4, 0.5) is 0 Å². The molecule has 0 amide bonds. The Morgan fingerprint density at radius 3 is 2.02 bits per heavy atom. The van der Waals surface area contributed by atoms with Gasteiger partial charge in [-0.2, -0.15) is 0 Å². The van der Waals surface area contributed by atoms with Crippen molar-refractivity contribution in [3.8, 4) is 11.5 Å². The minimum atomic E-state index is -1.25. The quantitative estimate of drug-likeness (QED) is 0.192. The third-order valence-corrected chi connectivity index (χ3v) is 7.48. The van der Waals surface area contributed by atoms with Crippen molar-refractivity contribution in [3.63, 3.8) is 0 Å². The van der Waals surface area contributed by atoms with Crippen LogP contribution in [0.3, 0.4) is 0 Å². The van der Waals surface area contributed by atoms with Crippen LogP contribution in [0.2, 0.25) is 0 Å². The van der Waals surface area contributed by atoms with E-state index in [9.17, 15) is 14.7 Å². The highest BCUT2D eigenvalue weighted by Gasteiger charge is 2.48. The summed E-state index contributed by atoms with van der Waals surface area (Å²) in [6.07, 6.45) is -1.20. The van der Waals surface area contributed by atoms with Crippen molar-refractivity contribution in [1.82, 2.24) is 9.55 Å². The van der Waals surface area contributed by atoms with E-state index in [1.807, 2.05) is 78.9 Å². The molecule has 1 fully saturated rings. The molecule has 4 atom stereocenters. The lowest BCUT2D eigenvalue weighted by Gasteiger charge is -2.37. The molecule has 0 spiro atoms. The second-order valence-electron chi connectivity index (χ2n) is 9.97. The van der Waals surface area contributed by atoms with Gasteiger partial charge >= 0.3 is 5.69 Å². The third-order valence-electron chi connectivity index (χ3n) is 7.48. The molecule has 0 bridgehead atoms. The fourth-order valence-electron chi connectivity index (χ4n) is 5.38. The van der Waals surface area contributed by atoms with E-state index >= 15 is 0 Å². The highest BCUT2D eigenvalue weighted by Crippen LogP contribution is 2.43. The summed E-state index contributed by atoms with van der Waals surface area (Å²) in [6.45, 7) is 3.80. The van der Waals surface area contributed by atoms with Crippen molar-refractivity contribution in [2.24, 2.45) is 0 Å². The molecule has 1 saturated heterocycles. The van der Waals surface area contributed by atoms with Gasteiger partial charge in [0.1, 0.15) is 35.4 Å². The minimum absolute atomic E-state index is 0.0412. The van der Waals surface area contributed by atoms with E-state index in [0.717, 1.165) is 21.3 Å². The van der Waals surface area contributed by atoms with Crippen molar-refractivity contribution in [3.05, 3.63) is 141 Å². The minimum Gasteiger partial charge on any atom is -0.497 e. The van der Waals surface area contributed by atoms with Gasteiger partial charge in [0.05, 0.1) is 27.4 Å². The smallest absolute Gasteiger partial charge is 0.330 e. The maximum atomic E-state index is 12.6. The standard InChI is InChI=1S/C33H34N2O8/c1-4-20-41-30-27(43-31(29(30)37)35-19-18-28(36)34-32(35)38)21-42-33(22-8-6-5-7-9-22,23-10-14-25(39-2)15-11-23)24-12-16-26(40-3)17-13-24/h4-19,27,29-31,37H,1,20-21H2,2-3H3,(H,34,36,38)/t27-,29-,30-,31-/m1/s1. The summed E-state index contributed by atoms with van der Waals surface area (Å²) < 4.78 is 31.1. The molecule has 0 radical (unpaired) electrons. The first kappa shape index (κ1) is 30.0. The Morgan fingerprint density at radius 1 is 0.907 bits per heavy atom. The number of rotatable bonds is 12. The van der Waals surface area contributed by atoms with Crippen LogP contribution >= 0.6 is 0 Å². The Morgan fingerprint density at radius 2 is 1.49 bits per heavy atom. The van der Waals surface area contributed by atoms with E-state index in [2.05, 4.69) is 11.6 Å². The fraction of sp³-hybridized carbons (Fsp3) is 0.273. The summed E-state index contributed by atoms with van der Waals surface area (Å²) in [4.78, 5) is 26.4. The number of benzene rings is 3. The Bertz CT molecular complexity index is 1570. The average Bonchev–Trinajstić information content (AvgIpc) is 3.35. The van der Waals surface area contributed by atoms with Crippen LogP contribution in [0.15, 0.2) is 113 Å². The van der Waals surface area contributed by atoms with Gasteiger partial charge < -0.3 is 28.8 Å². The monoisotopic (exact) mass is 586 g/mol. The molecular formula is C33H34N2O8. The van der Waals surface area contributed by atoms with Crippen molar-refractivity contribution >= 4 is 0 Å². The molecule has 43 heavy (non-hydrogen) atoms. The summed E-state index contributed by atoms with van der Waals surface area (Å²) in [5.41, 5.74) is 0.0842. The highest BCUT2D eigenvalue weighted by molar-refractivity contribution is 5.49. The molecule has 5 rings (SSSR count). The first-order chi connectivity index (χ1) is 20.9. The normalized spacial score (nSPS) is 20.1. The van der Waals surface area contributed by atoms with Crippen molar-refractivity contribution in [2.75, 3.05) is 27.4 Å². The molecule has 0 saturated carbocycles. The van der Waals surface area contributed by atoms with Crippen molar-refractivity contribution in [2.45, 2.75) is 30.1 Å². The summed E-state index contributed by atoms with van der Waals surface area (Å²) in [7, 11) is 3.21. The van der Waals surface area contributed by atoms with Crippen LogP contribution in [0, 0.1) is 0 Å². The first-order valence-corrected chi connectivity index (χ1v) is 13.8. The number of H-pyrrole nitrogens is 1. The maximum Gasteiger partial charge on any atom is 0.330 e. The van der Waals surface area contributed by atoms with Crippen LogP contribution in [0.1, 0.15) is 22.9 Å². The lowest BCUT2D eigenvalue weighted by Crippen LogP contribution is -2.41. The van der Waals surface area contributed by atoms with E-state index in [-0.39, 0.29) is 13.2 Å². The summed E-state index contributed by atoms with van der Waals surface area (Å²) in [6, 6.07) is 26.2. The molecule has 4 aromatic rings.